The third-order valence-corrected chi connectivity index (χ3v) is 5.40. The molecule has 0 bridgehead atoms. The van der Waals surface area contributed by atoms with Crippen molar-refractivity contribution >= 4 is 23.3 Å². The van der Waals surface area contributed by atoms with Crippen LogP contribution < -0.4 is 9.47 Å². The smallest absolute Gasteiger partial charge is 0.247 e. The Morgan fingerprint density at radius 3 is 2.88 bits per heavy atom. The minimum atomic E-state index is 0.0178. The van der Waals surface area contributed by atoms with E-state index in [1.165, 1.54) is 10.4 Å². The van der Waals surface area contributed by atoms with E-state index in [-0.39, 0.29) is 11.9 Å². The zero-order valence-electron chi connectivity index (χ0n) is 14.1. The first-order chi connectivity index (χ1) is 11.7. The van der Waals surface area contributed by atoms with Gasteiger partial charge in [-0.15, -0.1) is 11.3 Å². The summed E-state index contributed by atoms with van der Waals surface area (Å²) in [4.78, 5) is 15.9. The van der Waals surface area contributed by atoms with Gasteiger partial charge in [-0.2, -0.15) is 0 Å². The Balaban J connectivity index is 1.79. The summed E-state index contributed by atoms with van der Waals surface area (Å²) < 4.78 is 10.7. The number of fused-ring (bicyclic) bond motifs is 1. The van der Waals surface area contributed by atoms with E-state index in [4.69, 9.17) is 9.47 Å². The van der Waals surface area contributed by atoms with Crippen LogP contribution in [0.1, 0.15) is 29.0 Å². The number of hydrogen-bond acceptors (Lipinski definition) is 4. The van der Waals surface area contributed by atoms with Crippen LogP contribution in [0.25, 0.3) is 6.08 Å². The lowest BCUT2D eigenvalue weighted by atomic mass is 10.0. The van der Waals surface area contributed by atoms with E-state index in [2.05, 4.69) is 18.4 Å². The van der Waals surface area contributed by atoms with Crippen LogP contribution in [0.3, 0.4) is 0 Å². The Labute approximate surface area is 146 Å². The number of carbonyl (C=O) groups excluding carboxylic acids is 1. The molecule has 0 saturated heterocycles. The second-order valence-corrected chi connectivity index (χ2v) is 6.67. The van der Waals surface area contributed by atoms with Crippen LogP contribution in [-0.2, 0) is 11.2 Å². The fourth-order valence-electron chi connectivity index (χ4n) is 3.11. The van der Waals surface area contributed by atoms with E-state index in [9.17, 15) is 4.79 Å². The van der Waals surface area contributed by atoms with E-state index >= 15 is 0 Å². The summed E-state index contributed by atoms with van der Waals surface area (Å²) in [7, 11) is 3.20. The summed E-state index contributed by atoms with van der Waals surface area (Å²) in [6, 6.07) is 7.86. The second kappa shape index (κ2) is 7.09. The molecular weight excluding hydrogens is 322 g/mol. The monoisotopic (exact) mass is 343 g/mol. The number of carbonyl (C=O) groups is 1. The molecule has 0 radical (unpaired) electrons. The van der Waals surface area contributed by atoms with Crippen molar-refractivity contribution in [2.45, 2.75) is 19.4 Å². The van der Waals surface area contributed by atoms with Gasteiger partial charge in [0, 0.05) is 23.1 Å². The van der Waals surface area contributed by atoms with Gasteiger partial charge in [-0.3, -0.25) is 4.79 Å². The first-order valence-electron chi connectivity index (χ1n) is 7.91. The molecule has 126 valence electrons. The minimum absolute atomic E-state index is 0.0178. The lowest BCUT2D eigenvalue weighted by Gasteiger charge is -2.32. The molecule has 0 N–H and O–H groups in total. The van der Waals surface area contributed by atoms with Gasteiger partial charge in [-0.25, -0.2) is 0 Å². The number of thiophene rings is 1. The summed E-state index contributed by atoms with van der Waals surface area (Å²) in [5.74, 6) is 1.31. The average molecular weight is 343 g/mol. The molecule has 24 heavy (non-hydrogen) atoms. The Hall–Kier alpha value is -2.27. The minimum Gasteiger partial charge on any atom is -0.493 e. The van der Waals surface area contributed by atoms with E-state index in [0.29, 0.717) is 11.5 Å². The standard InChI is InChI=1S/C19H21NO3S/c1-13-15-10-12-24-17(15)9-11-20(13)18(21)8-7-14-5-4-6-16(22-2)19(14)23-3/h4-8,10,12-13H,9,11H2,1-3H3/b8-7+/t13-/m1/s1. The molecule has 2 heterocycles. The summed E-state index contributed by atoms with van der Waals surface area (Å²) in [5, 5.41) is 2.10. The van der Waals surface area contributed by atoms with Crippen LogP contribution in [0, 0.1) is 0 Å². The molecular formula is C19H21NO3S. The highest BCUT2D eigenvalue weighted by Gasteiger charge is 2.27. The van der Waals surface area contributed by atoms with Crippen molar-refractivity contribution in [1.82, 2.24) is 4.90 Å². The lowest BCUT2D eigenvalue weighted by Crippen LogP contribution is -2.37. The van der Waals surface area contributed by atoms with Gasteiger partial charge in [0.2, 0.25) is 5.91 Å². The molecule has 0 fully saturated rings. The van der Waals surface area contributed by atoms with Crippen molar-refractivity contribution in [1.29, 1.82) is 0 Å². The molecule has 2 aromatic rings. The molecule has 1 atom stereocenters. The highest BCUT2D eigenvalue weighted by atomic mass is 32.1. The molecule has 3 rings (SSSR count). The number of ether oxygens (including phenoxy) is 2. The molecule has 4 nitrogen and oxygen atoms in total. The summed E-state index contributed by atoms with van der Waals surface area (Å²) in [6.45, 7) is 2.84. The number of amides is 1. The number of hydrogen-bond donors (Lipinski definition) is 0. The maximum atomic E-state index is 12.6. The fraction of sp³-hybridized carbons (Fsp3) is 0.316. The fourth-order valence-corrected chi connectivity index (χ4v) is 4.07. The van der Waals surface area contributed by atoms with Gasteiger partial charge in [-0.05, 0) is 42.5 Å². The number of rotatable bonds is 4. The van der Waals surface area contributed by atoms with Crippen molar-refractivity contribution < 1.29 is 14.3 Å². The van der Waals surface area contributed by atoms with Gasteiger partial charge in [0.25, 0.3) is 0 Å². The number of benzene rings is 1. The van der Waals surface area contributed by atoms with Gasteiger partial charge < -0.3 is 14.4 Å². The molecule has 1 aromatic heterocycles. The predicted octanol–water partition coefficient (Wildman–Crippen LogP) is 3.92. The Morgan fingerprint density at radius 2 is 2.12 bits per heavy atom. The Bertz CT molecular complexity index is 766. The molecule has 1 amide bonds. The van der Waals surface area contributed by atoms with E-state index < -0.39 is 0 Å². The predicted molar refractivity (Wildman–Crippen MR) is 96.7 cm³/mol. The molecule has 1 aliphatic heterocycles. The topological polar surface area (TPSA) is 38.8 Å². The molecule has 1 aliphatic rings. The largest absolute Gasteiger partial charge is 0.493 e. The van der Waals surface area contributed by atoms with Gasteiger partial charge in [0.05, 0.1) is 20.3 Å². The van der Waals surface area contributed by atoms with Gasteiger partial charge in [0.1, 0.15) is 0 Å². The maximum Gasteiger partial charge on any atom is 0.247 e. The highest BCUT2D eigenvalue weighted by molar-refractivity contribution is 7.10. The van der Waals surface area contributed by atoms with Crippen LogP contribution in [0.2, 0.25) is 0 Å². The third-order valence-electron chi connectivity index (χ3n) is 4.40. The summed E-state index contributed by atoms with van der Waals surface area (Å²) in [6.07, 6.45) is 4.34. The molecule has 0 aliphatic carbocycles. The number of nitrogens with zero attached hydrogens (tertiary/aromatic N) is 1. The quantitative estimate of drug-likeness (QED) is 0.790. The van der Waals surface area contributed by atoms with Crippen LogP contribution in [0.5, 0.6) is 11.5 Å². The van der Waals surface area contributed by atoms with Crippen LogP contribution in [0.15, 0.2) is 35.7 Å². The van der Waals surface area contributed by atoms with Crippen molar-refractivity contribution in [3.05, 3.63) is 51.7 Å². The Morgan fingerprint density at radius 1 is 1.29 bits per heavy atom. The maximum absolute atomic E-state index is 12.6. The van der Waals surface area contributed by atoms with Crippen molar-refractivity contribution in [3.63, 3.8) is 0 Å². The van der Waals surface area contributed by atoms with Gasteiger partial charge >= 0.3 is 0 Å². The summed E-state index contributed by atoms with van der Waals surface area (Å²) in [5.41, 5.74) is 2.10. The second-order valence-electron chi connectivity index (χ2n) is 5.67. The molecule has 0 saturated carbocycles. The van der Waals surface area contributed by atoms with E-state index in [1.54, 1.807) is 37.7 Å². The van der Waals surface area contributed by atoms with Crippen LogP contribution in [0.4, 0.5) is 0 Å². The molecule has 1 aromatic carbocycles. The Kier molecular flexibility index (Phi) is 4.90. The lowest BCUT2D eigenvalue weighted by molar-refractivity contribution is -0.128. The SMILES string of the molecule is COc1cccc(/C=C/C(=O)N2CCc3sccc3[C@H]2C)c1OC. The summed E-state index contributed by atoms with van der Waals surface area (Å²) >= 11 is 1.78. The van der Waals surface area contributed by atoms with Crippen LogP contribution >= 0.6 is 11.3 Å². The first-order valence-corrected chi connectivity index (χ1v) is 8.79. The number of methoxy groups -OCH3 is 2. The average Bonchev–Trinajstić information content (AvgIpc) is 3.09. The zero-order valence-corrected chi connectivity index (χ0v) is 14.9. The molecule has 0 spiro atoms. The van der Waals surface area contributed by atoms with Crippen molar-refractivity contribution in [2.75, 3.05) is 20.8 Å². The molecule has 5 heteroatoms. The molecule has 0 unspecified atom stereocenters. The number of para-hydroxylation sites is 1. The van der Waals surface area contributed by atoms with Crippen molar-refractivity contribution in [2.24, 2.45) is 0 Å². The van der Waals surface area contributed by atoms with Crippen molar-refractivity contribution in [3.8, 4) is 11.5 Å². The normalized spacial score (nSPS) is 17.0. The van der Waals surface area contributed by atoms with E-state index in [1.807, 2.05) is 23.1 Å². The van der Waals surface area contributed by atoms with Gasteiger partial charge in [-0.1, -0.05) is 12.1 Å². The highest BCUT2D eigenvalue weighted by Crippen LogP contribution is 2.34. The zero-order chi connectivity index (χ0) is 17.1. The van der Waals surface area contributed by atoms with E-state index in [0.717, 1.165) is 18.5 Å². The third kappa shape index (κ3) is 3.04. The van der Waals surface area contributed by atoms with Gasteiger partial charge in [0.15, 0.2) is 11.5 Å². The first kappa shape index (κ1) is 16.6. The van der Waals surface area contributed by atoms with Crippen LogP contribution in [-0.4, -0.2) is 31.6 Å².